The standard InChI is InChI=1S/C26H29NO7/c1-16(2)34-19-8-5-4-7-18(19)23-22(25(29)26(30)27(23)11-6-12-31-3)24(28)17-9-10-20-21(15-17)33-14-13-32-20/h4-5,7-10,15-16,23,28H,6,11-14H2,1-3H3/b24-22+. The van der Waals surface area contributed by atoms with Gasteiger partial charge in [0.05, 0.1) is 17.7 Å². The maximum Gasteiger partial charge on any atom is 0.295 e. The lowest BCUT2D eigenvalue weighted by Crippen LogP contribution is -2.31. The van der Waals surface area contributed by atoms with Crippen molar-refractivity contribution in [3.63, 3.8) is 0 Å². The zero-order chi connectivity index (χ0) is 24.2. The number of methoxy groups -OCH3 is 1. The van der Waals surface area contributed by atoms with Gasteiger partial charge >= 0.3 is 0 Å². The van der Waals surface area contributed by atoms with Gasteiger partial charge in [-0.25, -0.2) is 0 Å². The molecule has 2 aliphatic rings. The van der Waals surface area contributed by atoms with E-state index in [0.29, 0.717) is 54.6 Å². The predicted molar refractivity (Wildman–Crippen MR) is 125 cm³/mol. The molecule has 0 spiro atoms. The minimum Gasteiger partial charge on any atom is -0.507 e. The lowest BCUT2D eigenvalue weighted by molar-refractivity contribution is -0.140. The van der Waals surface area contributed by atoms with Gasteiger partial charge in [0, 0.05) is 31.4 Å². The van der Waals surface area contributed by atoms with Crippen LogP contribution in [0.3, 0.4) is 0 Å². The van der Waals surface area contributed by atoms with Crippen molar-refractivity contribution in [1.82, 2.24) is 4.90 Å². The van der Waals surface area contributed by atoms with Gasteiger partial charge < -0.3 is 29.0 Å². The van der Waals surface area contributed by atoms with E-state index in [0.717, 1.165) is 0 Å². The first kappa shape index (κ1) is 23.6. The highest BCUT2D eigenvalue weighted by atomic mass is 16.6. The third kappa shape index (κ3) is 4.59. The fraction of sp³-hybridized carbons (Fsp3) is 0.385. The number of carbonyl (C=O) groups is 2. The molecule has 8 nitrogen and oxygen atoms in total. The average Bonchev–Trinajstić information content (AvgIpc) is 3.08. The minimum absolute atomic E-state index is 0.0129. The quantitative estimate of drug-likeness (QED) is 0.274. The normalized spacial score (nSPS) is 19.1. The molecule has 0 saturated carbocycles. The molecule has 0 bridgehead atoms. The van der Waals surface area contributed by atoms with Gasteiger partial charge in [-0.2, -0.15) is 0 Å². The van der Waals surface area contributed by atoms with Gasteiger partial charge in [0.15, 0.2) is 11.5 Å². The molecule has 0 aromatic heterocycles. The van der Waals surface area contributed by atoms with E-state index in [9.17, 15) is 14.7 Å². The van der Waals surface area contributed by atoms with Gasteiger partial charge in [-0.05, 0) is 44.5 Å². The van der Waals surface area contributed by atoms with E-state index < -0.39 is 17.7 Å². The Kier molecular flexibility index (Phi) is 7.07. The van der Waals surface area contributed by atoms with Gasteiger partial charge in [-0.15, -0.1) is 0 Å². The molecule has 180 valence electrons. The highest BCUT2D eigenvalue weighted by molar-refractivity contribution is 6.46. The topological polar surface area (TPSA) is 94.5 Å². The number of likely N-dealkylation sites (tertiary alicyclic amines) is 1. The second-order valence-corrected chi connectivity index (χ2v) is 8.40. The number of aliphatic hydroxyl groups is 1. The van der Waals surface area contributed by atoms with Crippen LogP contribution in [0.1, 0.15) is 37.4 Å². The van der Waals surface area contributed by atoms with Crippen LogP contribution in [-0.4, -0.2) is 61.3 Å². The van der Waals surface area contributed by atoms with Gasteiger partial charge in [0.1, 0.15) is 24.7 Å². The molecule has 0 radical (unpaired) electrons. The molecule has 1 amide bonds. The molecule has 1 N–H and O–H groups in total. The Labute approximate surface area is 198 Å². The Balaban J connectivity index is 1.84. The first-order valence-corrected chi connectivity index (χ1v) is 11.3. The molecule has 4 rings (SSSR count). The molecule has 1 fully saturated rings. The summed E-state index contributed by atoms with van der Waals surface area (Å²) in [6.45, 7) is 5.36. The number of ether oxygens (including phenoxy) is 4. The Bertz CT molecular complexity index is 1110. The van der Waals surface area contributed by atoms with E-state index in [1.807, 2.05) is 32.0 Å². The van der Waals surface area contributed by atoms with Crippen molar-refractivity contribution >= 4 is 17.4 Å². The SMILES string of the molecule is COCCCN1C(=O)C(=O)/C(=C(/O)c2ccc3c(c2)OCCO3)C1c1ccccc1OC(C)C. The van der Waals surface area contributed by atoms with Gasteiger partial charge in [-0.3, -0.25) is 9.59 Å². The number of carbonyl (C=O) groups excluding carboxylic acids is 2. The lowest BCUT2D eigenvalue weighted by atomic mass is 9.94. The number of amides is 1. The molecule has 1 saturated heterocycles. The summed E-state index contributed by atoms with van der Waals surface area (Å²) in [7, 11) is 1.58. The monoisotopic (exact) mass is 467 g/mol. The van der Waals surface area contributed by atoms with Crippen LogP contribution in [0.5, 0.6) is 17.2 Å². The molecular formula is C26H29NO7. The fourth-order valence-electron chi connectivity index (χ4n) is 4.23. The van der Waals surface area contributed by atoms with E-state index in [1.165, 1.54) is 4.90 Å². The van der Waals surface area contributed by atoms with Crippen molar-refractivity contribution in [3.8, 4) is 17.2 Å². The summed E-state index contributed by atoms with van der Waals surface area (Å²) in [6.07, 6.45) is 0.423. The lowest BCUT2D eigenvalue weighted by Gasteiger charge is -2.27. The summed E-state index contributed by atoms with van der Waals surface area (Å²) in [5.74, 6) is -0.0865. The smallest absolute Gasteiger partial charge is 0.295 e. The van der Waals surface area contributed by atoms with Gasteiger partial charge in [-0.1, -0.05) is 18.2 Å². The van der Waals surface area contributed by atoms with Crippen LogP contribution in [0, 0.1) is 0 Å². The van der Waals surface area contributed by atoms with Crippen molar-refractivity contribution in [2.24, 2.45) is 0 Å². The van der Waals surface area contributed by atoms with Crippen LogP contribution in [-0.2, 0) is 14.3 Å². The Morgan fingerprint density at radius 3 is 2.59 bits per heavy atom. The van der Waals surface area contributed by atoms with Crippen molar-refractivity contribution in [2.75, 3.05) is 33.5 Å². The highest BCUT2D eigenvalue weighted by Gasteiger charge is 2.46. The predicted octanol–water partition coefficient (Wildman–Crippen LogP) is 3.70. The van der Waals surface area contributed by atoms with E-state index in [1.54, 1.807) is 31.4 Å². The molecule has 1 unspecified atom stereocenters. The van der Waals surface area contributed by atoms with Crippen LogP contribution < -0.4 is 14.2 Å². The summed E-state index contributed by atoms with van der Waals surface area (Å²) >= 11 is 0. The zero-order valence-electron chi connectivity index (χ0n) is 19.6. The summed E-state index contributed by atoms with van der Waals surface area (Å²) in [4.78, 5) is 27.8. The number of hydrogen-bond donors (Lipinski definition) is 1. The molecule has 1 atom stereocenters. The third-order valence-electron chi connectivity index (χ3n) is 5.68. The first-order chi connectivity index (χ1) is 16.4. The Hall–Kier alpha value is -3.52. The Morgan fingerprint density at radius 1 is 1.12 bits per heavy atom. The van der Waals surface area contributed by atoms with Crippen molar-refractivity contribution < 1.29 is 33.6 Å². The molecular weight excluding hydrogens is 438 g/mol. The molecule has 2 aliphatic heterocycles. The van der Waals surface area contributed by atoms with E-state index in [2.05, 4.69) is 0 Å². The highest BCUT2D eigenvalue weighted by Crippen LogP contribution is 2.43. The van der Waals surface area contributed by atoms with E-state index in [-0.39, 0.29) is 24.0 Å². The number of aliphatic hydroxyl groups excluding tert-OH is 1. The summed E-state index contributed by atoms with van der Waals surface area (Å²) in [5, 5.41) is 11.3. The molecule has 8 heteroatoms. The zero-order valence-corrected chi connectivity index (χ0v) is 19.6. The van der Waals surface area contributed by atoms with Crippen LogP contribution in [0.4, 0.5) is 0 Å². The summed E-state index contributed by atoms with van der Waals surface area (Å²) in [6, 6.07) is 11.4. The Morgan fingerprint density at radius 2 is 1.85 bits per heavy atom. The van der Waals surface area contributed by atoms with Crippen molar-refractivity contribution in [2.45, 2.75) is 32.4 Å². The fourth-order valence-corrected chi connectivity index (χ4v) is 4.23. The third-order valence-corrected chi connectivity index (χ3v) is 5.68. The van der Waals surface area contributed by atoms with E-state index in [4.69, 9.17) is 18.9 Å². The van der Waals surface area contributed by atoms with Crippen LogP contribution in [0.25, 0.3) is 5.76 Å². The van der Waals surface area contributed by atoms with Crippen LogP contribution in [0.15, 0.2) is 48.0 Å². The molecule has 34 heavy (non-hydrogen) atoms. The van der Waals surface area contributed by atoms with Crippen LogP contribution >= 0.6 is 0 Å². The maximum atomic E-state index is 13.2. The summed E-state index contributed by atoms with van der Waals surface area (Å²) < 4.78 is 22.3. The number of fused-ring (bicyclic) bond motifs is 1. The molecule has 2 heterocycles. The maximum absolute atomic E-state index is 13.2. The molecule has 2 aromatic rings. The van der Waals surface area contributed by atoms with Crippen molar-refractivity contribution in [1.29, 1.82) is 0 Å². The average molecular weight is 468 g/mol. The number of benzene rings is 2. The number of nitrogens with zero attached hydrogens (tertiary/aromatic N) is 1. The van der Waals surface area contributed by atoms with Crippen molar-refractivity contribution in [3.05, 3.63) is 59.2 Å². The number of hydrogen-bond acceptors (Lipinski definition) is 7. The second kappa shape index (κ2) is 10.2. The van der Waals surface area contributed by atoms with Gasteiger partial charge in [0.2, 0.25) is 0 Å². The van der Waals surface area contributed by atoms with Crippen LogP contribution in [0.2, 0.25) is 0 Å². The number of ketones is 1. The number of para-hydroxylation sites is 1. The summed E-state index contributed by atoms with van der Waals surface area (Å²) in [5.41, 5.74) is 1.01. The number of Topliss-reactive ketones (excluding diaryl/α,β-unsaturated/α-hetero) is 1. The minimum atomic E-state index is -0.806. The molecule has 0 aliphatic carbocycles. The van der Waals surface area contributed by atoms with Gasteiger partial charge in [0.25, 0.3) is 11.7 Å². The van der Waals surface area contributed by atoms with E-state index >= 15 is 0 Å². The second-order valence-electron chi connectivity index (χ2n) is 8.40. The molecule has 2 aromatic carbocycles. The largest absolute Gasteiger partial charge is 0.507 e. The number of rotatable bonds is 8. The first-order valence-electron chi connectivity index (χ1n) is 11.3.